The van der Waals surface area contributed by atoms with Crippen molar-refractivity contribution in [3.05, 3.63) is 11.6 Å². The standard InChI is InChI=1S/C34H57NO3/c1-24(2)7-6-8-25(3)29-11-12-30-28-10-9-26-23-27(38-32(36)15-18-35-19-21-37-22-20-35)13-16-33(26,4)31(28)14-17-34(29,30)5/h9,24-25,27-31H,6-8,10-23H2,1-5H3/p+1. The fourth-order valence-corrected chi connectivity index (χ4v) is 10.2. The molecule has 1 saturated heterocycles. The Bertz CT molecular complexity index is 847. The number of fused-ring (bicyclic) bond motifs is 5. The Hall–Kier alpha value is -0.870. The van der Waals surface area contributed by atoms with Crippen molar-refractivity contribution in [3.8, 4) is 0 Å². The Morgan fingerprint density at radius 2 is 1.84 bits per heavy atom. The summed E-state index contributed by atoms with van der Waals surface area (Å²) in [5.41, 5.74) is 2.50. The van der Waals surface area contributed by atoms with Gasteiger partial charge in [0.05, 0.1) is 26.2 Å². The highest BCUT2D eigenvalue weighted by Gasteiger charge is 2.59. The molecule has 4 heteroatoms. The number of quaternary nitrogens is 1. The lowest BCUT2D eigenvalue weighted by Crippen LogP contribution is -3.14. The maximum absolute atomic E-state index is 12.7. The number of carbonyl (C=O) groups is 1. The molecule has 0 aromatic heterocycles. The van der Waals surface area contributed by atoms with E-state index in [1.807, 2.05) is 0 Å². The molecule has 8 unspecified atom stereocenters. The van der Waals surface area contributed by atoms with Gasteiger partial charge in [0.1, 0.15) is 19.2 Å². The van der Waals surface area contributed by atoms with E-state index in [0.717, 1.165) is 81.2 Å². The first kappa shape index (κ1) is 28.7. The van der Waals surface area contributed by atoms with Crippen molar-refractivity contribution in [2.45, 2.75) is 118 Å². The predicted molar refractivity (Wildman–Crippen MR) is 154 cm³/mol. The smallest absolute Gasteiger partial charge is 0.311 e. The van der Waals surface area contributed by atoms with Crippen LogP contribution in [0.5, 0.6) is 0 Å². The molecule has 1 aliphatic heterocycles. The van der Waals surface area contributed by atoms with E-state index in [1.165, 1.54) is 62.7 Å². The lowest BCUT2D eigenvalue weighted by atomic mass is 9.47. The van der Waals surface area contributed by atoms with E-state index in [0.29, 0.717) is 17.3 Å². The van der Waals surface area contributed by atoms with Gasteiger partial charge in [0.2, 0.25) is 0 Å². The number of carbonyl (C=O) groups excluding carboxylic acids is 1. The monoisotopic (exact) mass is 528 g/mol. The van der Waals surface area contributed by atoms with Crippen LogP contribution in [0.25, 0.3) is 0 Å². The van der Waals surface area contributed by atoms with Gasteiger partial charge in [-0.1, -0.05) is 65.5 Å². The zero-order chi connectivity index (χ0) is 26.9. The largest absolute Gasteiger partial charge is 0.462 e. The fourth-order valence-electron chi connectivity index (χ4n) is 10.2. The van der Waals surface area contributed by atoms with Gasteiger partial charge in [0.25, 0.3) is 0 Å². The number of nitrogens with one attached hydrogen (secondary N) is 1. The molecule has 4 aliphatic carbocycles. The average Bonchev–Trinajstić information content (AvgIpc) is 3.25. The molecular formula is C34H58NO3+. The van der Waals surface area contributed by atoms with E-state index in [4.69, 9.17) is 9.47 Å². The first-order chi connectivity index (χ1) is 18.2. The number of ether oxygens (including phenoxy) is 2. The van der Waals surface area contributed by atoms with Crippen molar-refractivity contribution < 1.29 is 19.2 Å². The summed E-state index contributed by atoms with van der Waals surface area (Å²) in [5, 5.41) is 0. The minimum atomic E-state index is 0.0137. The third kappa shape index (κ3) is 5.78. The molecule has 0 aromatic carbocycles. The van der Waals surface area contributed by atoms with Crippen LogP contribution in [-0.2, 0) is 14.3 Å². The van der Waals surface area contributed by atoms with Crippen molar-refractivity contribution in [2.24, 2.45) is 46.3 Å². The molecule has 4 nitrogen and oxygen atoms in total. The van der Waals surface area contributed by atoms with Gasteiger partial charge in [-0.15, -0.1) is 0 Å². The molecule has 216 valence electrons. The summed E-state index contributed by atoms with van der Waals surface area (Å²) in [4.78, 5) is 14.2. The molecule has 1 N–H and O–H groups in total. The number of esters is 1. The summed E-state index contributed by atoms with van der Waals surface area (Å²) in [6, 6.07) is 0. The molecule has 5 rings (SSSR count). The summed E-state index contributed by atoms with van der Waals surface area (Å²) in [6.07, 6.45) is 17.8. The summed E-state index contributed by atoms with van der Waals surface area (Å²) >= 11 is 0. The molecule has 0 aromatic rings. The lowest BCUT2D eigenvalue weighted by Gasteiger charge is -2.58. The maximum Gasteiger partial charge on any atom is 0.311 e. The minimum Gasteiger partial charge on any atom is -0.462 e. The van der Waals surface area contributed by atoms with Gasteiger partial charge in [-0.2, -0.15) is 0 Å². The van der Waals surface area contributed by atoms with Gasteiger partial charge in [-0.05, 0) is 91.3 Å². The van der Waals surface area contributed by atoms with Gasteiger partial charge >= 0.3 is 5.97 Å². The van der Waals surface area contributed by atoms with Gasteiger partial charge in [-0.3, -0.25) is 4.79 Å². The highest BCUT2D eigenvalue weighted by Crippen LogP contribution is 2.67. The summed E-state index contributed by atoms with van der Waals surface area (Å²) in [5.74, 6) is 5.26. The molecule has 1 heterocycles. The van der Waals surface area contributed by atoms with Crippen LogP contribution in [0.4, 0.5) is 0 Å². The fraction of sp³-hybridized carbons (Fsp3) is 0.912. The van der Waals surface area contributed by atoms with E-state index in [2.05, 4.69) is 40.7 Å². The molecule has 8 atom stereocenters. The van der Waals surface area contributed by atoms with Gasteiger partial charge in [-0.25, -0.2) is 0 Å². The minimum absolute atomic E-state index is 0.0137. The van der Waals surface area contributed by atoms with Crippen molar-refractivity contribution in [1.29, 1.82) is 0 Å². The van der Waals surface area contributed by atoms with Crippen LogP contribution >= 0.6 is 0 Å². The number of hydrogen-bond acceptors (Lipinski definition) is 3. The van der Waals surface area contributed by atoms with Crippen LogP contribution in [0.15, 0.2) is 11.6 Å². The van der Waals surface area contributed by atoms with Crippen LogP contribution in [0.2, 0.25) is 0 Å². The van der Waals surface area contributed by atoms with Gasteiger partial charge in [0.15, 0.2) is 0 Å². The van der Waals surface area contributed by atoms with Gasteiger partial charge in [0, 0.05) is 6.42 Å². The van der Waals surface area contributed by atoms with Crippen LogP contribution < -0.4 is 4.90 Å². The Balaban J connectivity index is 1.17. The topological polar surface area (TPSA) is 40.0 Å². The lowest BCUT2D eigenvalue weighted by molar-refractivity contribution is -0.907. The number of hydrogen-bond donors (Lipinski definition) is 1. The predicted octanol–water partition coefficient (Wildman–Crippen LogP) is 6.24. The number of allylic oxidation sites excluding steroid dienone is 1. The molecule has 4 fully saturated rings. The van der Waals surface area contributed by atoms with Crippen LogP contribution in [0.3, 0.4) is 0 Å². The van der Waals surface area contributed by atoms with E-state index in [1.54, 1.807) is 5.57 Å². The van der Waals surface area contributed by atoms with E-state index in [-0.39, 0.29) is 12.1 Å². The summed E-state index contributed by atoms with van der Waals surface area (Å²) in [7, 11) is 0. The van der Waals surface area contributed by atoms with Crippen LogP contribution in [0, 0.1) is 46.3 Å². The third-order valence-corrected chi connectivity index (χ3v) is 12.4. The quantitative estimate of drug-likeness (QED) is 0.284. The third-order valence-electron chi connectivity index (χ3n) is 12.4. The molecule has 5 aliphatic rings. The summed E-state index contributed by atoms with van der Waals surface area (Å²) in [6.45, 7) is 17.2. The second-order valence-electron chi connectivity index (χ2n) is 15.0. The molecule has 0 spiro atoms. The average molecular weight is 529 g/mol. The van der Waals surface area contributed by atoms with E-state index in [9.17, 15) is 4.79 Å². The summed E-state index contributed by atoms with van der Waals surface area (Å²) < 4.78 is 11.5. The second-order valence-corrected chi connectivity index (χ2v) is 15.0. The first-order valence-corrected chi connectivity index (χ1v) is 16.5. The van der Waals surface area contributed by atoms with E-state index >= 15 is 0 Å². The van der Waals surface area contributed by atoms with Crippen molar-refractivity contribution >= 4 is 5.97 Å². The zero-order valence-corrected chi connectivity index (χ0v) is 25.4. The molecule has 3 saturated carbocycles. The number of rotatable bonds is 9. The Labute approximate surface area is 233 Å². The SMILES string of the molecule is CC(C)CCCC(C)C1CCC2C3CC=C4CC(OC(=O)CC[NH+]5CCOCC5)CCC4(C)C3CCC12C. The Morgan fingerprint density at radius 1 is 1.05 bits per heavy atom. The highest BCUT2D eigenvalue weighted by molar-refractivity contribution is 5.69. The molecule has 0 bridgehead atoms. The second kappa shape index (κ2) is 11.9. The first-order valence-electron chi connectivity index (χ1n) is 16.5. The molecule has 0 amide bonds. The molecule has 0 radical (unpaired) electrons. The highest BCUT2D eigenvalue weighted by atomic mass is 16.5. The van der Waals surface area contributed by atoms with Crippen LogP contribution in [0.1, 0.15) is 112 Å². The molecule has 38 heavy (non-hydrogen) atoms. The van der Waals surface area contributed by atoms with Crippen LogP contribution in [-0.4, -0.2) is 44.9 Å². The zero-order valence-electron chi connectivity index (χ0n) is 25.4. The van der Waals surface area contributed by atoms with Crippen molar-refractivity contribution in [1.82, 2.24) is 0 Å². The van der Waals surface area contributed by atoms with Crippen molar-refractivity contribution in [3.63, 3.8) is 0 Å². The normalized spacial score (nSPS) is 40.2. The Kier molecular flexibility index (Phi) is 9.00. The molecular weight excluding hydrogens is 470 g/mol. The van der Waals surface area contributed by atoms with Crippen molar-refractivity contribution in [2.75, 3.05) is 32.8 Å². The maximum atomic E-state index is 12.7. The van der Waals surface area contributed by atoms with E-state index < -0.39 is 0 Å². The number of morpholine rings is 1. The van der Waals surface area contributed by atoms with Gasteiger partial charge < -0.3 is 14.4 Å². The Morgan fingerprint density at radius 3 is 2.61 bits per heavy atom.